The Morgan fingerprint density at radius 3 is 2.27 bits per heavy atom. The van der Waals surface area contributed by atoms with Crippen molar-refractivity contribution in [3.05, 3.63) is 76.2 Å². The highest BCUT2D eigenvalue weighted by Crippen LogP contribution is 2.44. The number of hydrogen-bond acceptors (Lipinski definition) is 6. The number of benzene rings is 2. The number of alkyl carbamates (subject to hydrolysis) is 1. The quantitative estimate of drug-likeness (QED) is 0.470. The average molecular weight is 466 g/mol. The maximum absolute atomic E-state index is 12.5. The Balaban J connectivity index is 1.33. The van der Waals surface area contributed by atoms with Gasteiger partial charge in [0.25, 0.3) is 0 Å². The van der Waals surface area contributed by atoms with E-state index in [1.165, 1.54) is 18.3 Å². The van der Waals surface area contributed by atoms with Gasteiger partial charge in [0.05, 0.1) is 5.51 Å². The number of fused-ring (bicyclic) bond motifs is 3. The molecule has 2 aromatic carbocycles. The predicted molar refractivity (Wildman–Crippen MR) is 123 cm³/mol. The van der Waals surface area contributed by atoms with Crippen molar-refractivity contribution in [3.63, 3.8) is 0 Å². The van der Waals surface area contributed by atoms with Gasteiger partial charge in [0.2, 0.25) is 5.91 Å². The summed E-state index contributed by atoms with van der Waals surface area (Å²) in [6, 6.07) is 13.9. The molecule has 1 heterocycles. The number of carboxylic acids is 1. The van der Waals surface area contributed by atoms with Crippen molar-refractivity contribution in [3.8, 4) is 11.1 Å². The van der Waals surface area contributed by atoms with E-state index in [-0.39, 0.29) is 18.9 Å². The van der Waals surface area contributed by atoms with Gasteiger partial charge in [-0.15, -0.1) is 11.3 Å². The fourth-order valence-corrected chi connectivity index (χ4v) is 4.57. The van der Waals surface area contributed by atoms with Crippen LogP contribution in [0.2, 0.25) is 0 Å². The van der Waals surface area contributed by atoms with Crippen LogP contribution in [0.3, 0.4) is 0 Å². The second-order valence-electron chi connectivity index (χ2n) is 7.76. The molecule has 0 bridgehead atoms. The van der Waals surface area contributed by atoms with Gasteiger partial charge in [-0.1, -0.05) is 48.5 Å². The Bertz CT molecular complexity index is 1120. The normalized spacial score (nSPS) is 14.0. The van der Waals surface area contributed by atoms with Gasteiger partial charge in [-0.25, -0.2) is 9.59 Å². The first-order valence-electron chi connectivity index (χ1n) is 10.5. The van der Waals surface area contributed by atoms with E-state index < -0.39 is 30.1 Å². The average Bonchev–Trinajstić information content (AvgIpc) is 3.43. The Morgan fingerprint density at radius 2 is 1.70 bits per heavy atom. The Morgan fingerprint density at radius 1 is 1.06 bits per heavy atom. The molecule has 3 aromatic rings. The summed E-state index contributed by atoms with van der Waals surface area (Å²) < 4.78 is 5.45. The van der Waals surface area contributed by atoms with Gasteiger partial charge in [0.15, 0.2) is 0 Å². The first kappa shape index (κ1) is 22.5. The van der Waals surface area contributed by atoms with Gasteiger partial charge < -0.3 is 20.5 Å². The molecule has 3 N–H and O–H groups in total. The molecule has 4 rings (SSSR count). The Kier molecular flexibility index (Phi) is 6.69. The fourth-order valence-electron chi connectivity index (χ4n) is 3.92. The first-order valence-corrected chi connectivity index (χ1v) is 11.3. The van der Waals surface area contributed by atoms with Crippen molar-refractivity contribution in [2.75, 3.05) is 6.61 Å². The summed E-state index contributed by atoms with van der Waals surface area (Å²) in [4.78, 5) is 41.0. The summed E-state index contributed by atoms with van der Waals surface area (Å²) in [5.74, 6) is -1.87. The number of carboxylic acid groups (broad SMARTS) is 1. The minimum atomic E-state index is -1.16. The summed E-state index contributed by atoms with van der Waals surface area (Å²) in [7, 11) is 0. The number of rotatable bonds is 8. The molecule has 8 nitrogen and oxygen atoms in total. The lowest BCUT2D eigenvalue weighted by Gasteiger charge is -2.19. The van der Waals surface area contributed by atoms with Crippen LogP contribution < -0.4 is 10.6 Å². The summed E-state index contributed by atoms with van der Waals surface area (Å²) in [6.07, 6.45) is 0.933. The molecular weight excluding hydrogens is 442 g/mol. The van der Waals surface area contributed by atoms with Crippen LogP contribution in [0, 0.1) is 0 Å². The molecular formula is C24H23N3O5S. The zero-order valence-electron chi connectivity index (χ0n) is 17.9. The standard InChI is InChI=1S/C24H23N3O5S/c1-14(22(28)27-21(23(29)30)10-15-11-25-13-33-15)26-24(31)32-12-20-18-8-4-2-6-16(18)17-7-3-5-9-19(17)20/h2-9,11,13-14,20-21H,10,12H2,1H3,(H,26,31)(H,27,28)(H,29,30). The van der Waals surface area contributed by atoms with E-state index in [1.54, 1.807) is 11.7 Å². The third-order valence-electron chi connectivity index (χ3n) is 5.57. The number of aliphatic carboxylic acids is 1. The molecule has 2 atom stereocenters. The largest absolute Gasteiger partial charge is 0.480 e. The van der Waals surface area contributed by atoms with Crippen LogP contribution in [-0.4, -0.2) is 46.8 Å². The van der Waals surface area contributed by atoms with E-state index >= 15 is 0 Å². The van der Waals surface area contributed by atoms with E-state index in [1.807, 2.05) is 48.5 Å². The van der Waals surface area contributed by atoms with E-state index in [9.17, 15) is 19.5 Å². The predicted octanol–water partition coefficient (Wildman–Crippen LogP) is 3.18. The van der Waals surface area contributed by atoms with Crippen LogP contribution >= 0.6 is 11.3 Å². The molecule has 1 aliphatic carbocycles. The highest BCUT2D eigenvalue weighted by molar-refractivity contribution is 7.09. The second kappa shape index (κ2) is 9.83. The number of carbonyl (C=O) groups is 3. The number of nitrogens with zero attached hydrogens (tertiary/aromatic N) is 1. The molecule has 170 valence electrons. The van der Waals surface area contributed by atoms with Crippen molar-refractivity contribution >= 4 is 29.3 Å². The third kappa shape index (κ3) is 5.04. The summed E-state index contributed by atoms with van der Waals surface area (Å²) in [5.41, 5.74) is 6.01. The van der Waals surface area contributed by atoms with Gasteiger partial charge >= 0.3 is 12.1 Å². The van der Waals surface area contributed by atoms with Gasteiger partial charge in [-0.05, 0) is 29.2 Å². The number of carbonyl (C=O) groups excluding carboxylic acids is 2. The van der Waals surface area contributed by atoms with Gasteiger partial charge in [-0.2, -0.15) is 0 Å². The lowest BCUT2D eigenvalue weighted by Crippen LogP contribution is -2.51. The van der Waals surface area contributed by atoms with Crippen LogP contribution in [-0.2, 0) is 20.7 Å². The molecule has 1 aromatic heterocycles. The van der Waals surface area contributed by atoms with Gasteiger partial charge in [0.1, 0.15) is 18.7 Å². The van der Waals surface area contributed by atoms with Gasteiger partial charge in [-0.3, -0.25) is 9.78 Å². The minimum absolute atomic E-state index is 0.0944. The molecule has 0 radical (unpaired) electrons. The first-order chi connectivity index (χ1) is 15.9. The number of ether oxygens (including phenoxy) is 1. The lowest BCUT2D eigenvalue weighted by molar-refractivity contribution is -0.142. The highest BCUT2D eigenvalue weighted by Gasteiger charge is 2.30. The molecule has 0 aliphatic heterocycles. The van der Waals surface area contributed by atoms with Crippen LogP contribution in [0.25, 0.3) is 11.1 Å². The Hall–Kier alpha value is -3.72. The number of aromatic nitrogens is 1. The number of thiazole rings is 1. The van der Waals surface area contributed by atoms with Gasteiger partial charge in [0, 0.05) is 23.4 Å². The van der Waals surface area contributed by atoms with Crippen molar-refractivity contribution in [1.29, 1.82) is 0 Å². The third-order valence-corrected chi connectivity index (χ3v) is 6.38. The summed E-state index contributed by atoms with van der Waals surface area (Å²) in [6.45, 7) is 1.60. The Labute approximate surface area is 194 Å². The molecule has 2 amide bonds. The number of hydrogen-bond donors (Lipinski definition) is 3. The number of nitrogens with one attached hydrogen (secondary N) is 2. The van der Waals surface area contributed by atoms with Crippen molar-refractivity contribution < 1.29 is 24.2 Å². The molecule has 2 unspecified atom stereocenters. The van der Waals surface area contributed by atoms with E-state index in [2.05, 4.69) is 15.6 Å². The maximum Gasteiger partial charge on any atom is 0.407 e. The smallest absolute Gasteiger partial charge is 0.407 e. The maximum atomic E-state index is 12.5. The molecule has 0 fully saturated rings. The zero-order valence-corrected chi connectivity index (χ0v) is 18.7. The monoisotopic (exact) mass is 465 g/mol. The SMILES string of the molecule is CC(NC(=O)OCC1c2ccccc2-c2ccccc21)C(=O)NC(Cc1cncs1)C(=O)O. The molecule has 0 saturated carbocycles. The van der Waals surface area contributed by atoms with Crippen LogP contribution in [0.5, 0.6) is 0 Å². The van der Waals surface area contributed by atoms with Crippen molar-refractivity contribution in [2.45, 2.75) is 31.3 Å². The molecule has 0 saturated heterocycles. The van der Waals surface area contributed by atoms with E-state index in [0.717, 1.165) is 27.1 Å². The molecule has 9 heteroatoms. The second-order valence-corrected chi connectivity index (χ2v) is 8.73. The summed E-state index contributed by atoms with van der Waals surface area (Å²) in [5, 5.41) is 14.3. The molecule has 1 aliphatic rings. The minimum Gasteiger partial charge on any atom is -0.480 e. The fraction of sp³-hybridized carbons (Fsp3) is 0.250. The van der Waals surface area contributed by atoms with Crippen LogP contribution in [0.1, 0.15) is 28.8 Å². The van der Waals surface area contributed by atoms with Crippen LogP contribution in [0.4, 0.5) is 4.79 Å². The van der Waals surface area contributed by atoms with Crippen molar-refractivity contribution in [2.24, 2.45) is 0 Å². The molecule has 0 spiro atoms. The topological polar surface area (TPSA) is 118 Å². The van der Waals surface area contributed by atoms with E-state index in [0.29, 0.717) is 0 Å². The summed E-state index contributed by atoms with van der Waals surface area (Å²) >= 11 is 1.31. The number of amides is 2. The lowest BCUT2D eigenvalue weighted by atomic mass is 9.98. The van der Waals surface area contributed by atoms with Crippen molar-refractivity contribution in [1.82, 2.24) is 15.6 Å². The van der Waals surface area contributed by atoms with E-state index in [4.69, 9.17) is 4.74 Å². The molecule has 33 heavy (non-hydrogen) atoms. The zero-order chi connectivity index (χ0) is 23.4. The highest BCUT2D eigenvalue weighted by atomic mass is 32.1. The van der Waals surface area contributed by atoms with Crippen LogP contribution in [0.15, 0.2) is 60.2 Å².